The number of furan rings is 1. The highest BCUT2D eigenvalue weighted by atomic mass is 16.5. The van der Waals surface area contributed by atoms with Crippen LogP contribution in [0.1, 0.15) is 35.4 Å². The largest absolute Gasteiger partial charge is 0.507 e. The van der Waals surface area contributed by atoms with Gasteiger partial charge in [-0.25, -0.2) is 0 Å². The van der Waals surface area contributed by atoms with E-state index in [2.05, 4.69) is 0 Å². The van der Waals surface area contributed by atoms with Gasteiger partial charge in [-0.15, -0.1) is 0 Å². The summed E-state index contributed by atoms with van der Waals surface area (Å²) >= 11 is 0. The highest BCUT2D eigenvalue weighted by Crippen LogP contribution is 2.42. The molecule has 7 heteroatoms. The predicted molar refractivity (Wildman–Crippen MR) is 140 cm³/mol. The minimum absolute atomic E-state index is 0.0188. The minimum Gasteiger partial charge on any atom is -0.507 e. The van der Waals surface area contributed by atoms with Crippen molar-refractivity contribution >= 4 is 17.4 Å². The van der Waals surface area contributed by atoms with Crippen LogP contribution in [0.5, 0.6) is 17.2 Å². The van der Waals surface area contributed by atoms with Crippen LogP contribution in [0.2, 0.25) is 0 Å². The van der Waals surface area contributed by atoms with Crippen LogP contribution < -0.4 is 9.47 Å². The summed E-state index contributed by atoms with van der Waals surface area (Å²) in [5, 5.41) is 11.5. The number of ketones is 1. The maximum atomic E-state index is 13.4. The van der Waals surface area contributed by atoms with Gasteiger partial charge in [-0.1, -0.05) is 30.3 Å². The van der Waals surface area contributed by atoms with Gasteiger partial charge in [-0.2, -0.15) is 0 Å². The quantitative estimate of drug-likeness (QED) is 0.195. The van der Waals surface area contributed by atoms with Crippen molar-refractivity contribution in [2.45, 2.75) is 32.0 Å². The van der Waals surface area contributed by atoms with Crippen LogP contribution in [-0.2, 0) is 22.6 Å². The van der Waals surface area contributed by atoms with E-state index in [1.165, 1.54) is 11.2 Å². The molecule has 2 aliphatic rings. The van der Waals surface area contributed by atoms with Gasteiger partial charge in [-0.3, -0.25) is 9.59 Å². The molecule has 1 saturated heterocycles. The molecule has 0 bridgehead atoms. The summed E-state index contributed by atoms with van der Waals surface area (Å²) in [6.07, 6.45) is 2.25. The summed E-state index contributed by atoms with van der Waals surface area (Å²) in [7, 11) is 0. The van der Waals surface area contributed by atoms with E-state index in [1.54, 1.807) is 42.5 Å². The van der Waals surface area contributed by atoms with Crippen molar-refractivity contribution in [3.8, 4) is 17.2 Å². The molecular formula is C31H25NO6. The van der Waals surface area contributed by atoms with Crippen molar-refractivity contribution in [2.75, 3.05) is 0 Å². The molecule has 4 aromatic rings. The Hall–Kier alpha value is -4.78. The zero-order valence-corrected chi connectivity index (χ0v) is 20.7. The van der Waals surface area contributed by atoms with Crippen LogP contribution in [0, 0.1) is 0 Å². The molecule has 0 saturated carbocycles. The number of likely N-dealkylation sites (tertiary alicyclic amines) is 1. The van der Waals surface area contributed by atoms with Crippen molar-refractivity contribution in [3.63, 3.8) is 0 Å². The number of para-hydroxylation sites is 1. The Balaban J connectivity index is 1.45. The van der Waals surface area contributed by atoms with Gasteiger partial charge < -0.3 is 23.9 Å². The lowest BCUT2D eigenvalue weighted by Gasteiger charge is -2.25. The van der Waals surface area contributed by atoms with Gasteiger partial charge in [0.05, 0.1) is 24.4 Å². The maximum Gasteiger partial charge on any atom is 0.296 e. The molecule has 1 N–H and O–H groups in total. The van der Waals surface area contributed by atoms with Gasteiger partial charge in [0.2, 0.25) is 0 Å². The third-order valence-corrected chi connectivity index (χ3v) is 6.77. The van der Waals surface area contributed by atoms with Crippen molar-refractivity contribution in [1.29, 1.82) is 0 Å². The Bertz CT molecular complexity index is 1540. The van der Waals surface area contributed by atoms with Gasteiger partial charge in [0.1, 0.15) is 34.9 Å². The van der Waals surface area contributed by atoms with E-state index in [0.717, 1.165) is 11.3 Å². The molecular weight excluding hydrogens is 482 g/mol. The topological polar surface area (TPSA) is 89.2 Å². The van der Waals surface area contributed by atoms with Crippen LogP contribution in [0.4, 0.5) is 0 Å². The lowest BCUT2D eigenvalue weighted by molar-refractivity contribution is -0.140. The van der Waals surface area contributed by atoms with Crippen molar-refractivity contribution in [1.82, 2.24) is 4.90 Å². The standard InChI is InChI=1S/C31H25NO6/c1-19-15-22-16-21(12-13-26(22)37-19)29(33)27-28(32(31(35)30(27)34)18-25-11-6-14-36-25)20-7-5-10-24(17-20)38-23-8-3-2-4-9-23/h2-14,16-17,19,28,33H,15,18H2,1H3. The first-order chi connectivity index (χ1) is 18.5. The monoisotopic (exact) mass is 507 g/mol. The van der Waals surface area contributed by atoms with Crippen LogP contribution in [0.15, 0.2) is 101 Å². The number of Topliss-reactive ketones (excluding diaryl/α,β-unsaturated/α-hetero) is 1. The van der Waals surface area contributed by atoms with E-state index < -0.39 is 17.7 Å². The summed E-state index contributed by atoms with van der Waals surface area (Å²) in [6, 6.07) is 24.5. The summed E-state index contributed by atoms with van der Waals surface area (Å²) in [5.41, 5.74) is 2.05. The van der Waals surface area contributed by atoms with Crippen LogP contribution in [0.3, 0.4) is 0 Å². The van der Waals surface area contributed by atoms with Crippen molar-refractivity contribution < 1.29 is 28.6 Å². The lowest BCUT2D eigenvalue weighted by Crippen LogP contribution is -2.29. The molecule has 6 rings (SSSR count). The normalized spacial score (nSPS) is 19.9. The number of ether oxygens (including phenoxy) is 2. The van der Waals surface area contributed by atoms with E-state index in [1.807, 2.05) is 49.4 Å². The van der Waals surface area contributed by atoms with Gasteiger partial charge >= 0.3 is 0 Å². The molecule has 0 radical (unpaired) electrons. The summed E-state index contributed by atoms with van der Waals surface area (Å²) < 4.78 is 17.3. The first kappa shape index (κ1) is 23.6. The average molecular weight is 508 g/mol. The minimum atomic E-state index is -0.845. The van der Waals surface area contributed by atoms with Gasteiger partial charge in [-0.05, 0) is 72.6 Å². The fraction of sp³-hybridized carbons (Fsp3) is 0.161. The molecule has 1 amide bonds. The van der Waals surface area contributed by atoms with Crippen molar-refractivity contribution in [2.24, 2.45) is 0 Å². The Kier molecular flexibility index (Phi) is 5.96. The average Bonchev–Trinajstić information content (AvgIpc) is 3.63. The fourth-order valence-corrected chi connectivity index (χ4v) is 5.06. The molecule has 2 atom stereocenters. The Morgan fingerprint density at radius 3 is 2.58 bits per heavy atom. The number of hydrogen-bond donors (Lipinski definition) is 1. The predicted octanol–water partition coefficient (Wildman–Crippen LogP) is 6.02. The SMILES string of the molecule is CC1Cc2cc(C(O)=C3C(=O)C(=O)N(Cc4ccco4)C3c3cccc(Oc4ccccc4)c3)ccc2O1. The number of fused-ring (bicyclic) bond motifs is 1. The molecule has 2 aliphatic heterocycles. The number of hydrogen-bond acceptors (Lipinski definition) is 6. The second-order valence-electron chi connectivity index (χ2n) is 9.45. The molecule has 3 aromatic carbocycles. The van der Waals surface area contributed by atoms with E-state index in [0.29, 0.717) is 34.8 Å². The Morgan fingerprint density at radius 2 is 1.79 bits per heavy atom. The van der Waals surface area contributed by atoms with E-state index in [9.17, 15) is 14.7 Å². The number of nitrogens with zero attached hydrogens (tertiary/aromatic N) is 1. The molecule has 190 valence electrons. The van der Waals surface area contributed by atoms with E-state index >= 15 is 0 Å². The summed E-state index contributed by atoms with van der Waals surface area (Å²) in [6.45, 7) is 2.04. The van der Waals surface area contributed by atoms with Crippen LogP contribution >= 0.6 is 0 Å². The van der Waals surface area contributed by atoms with Gasteiger partial charge in [0.15, 0.2) is 0 Å². The Labute approximate surface area is 219 Å². The number of rotatable bonds is 6. The number of benzene rings is 3. The maximum absolute atomic E-state index is 13.4. The highest BCUT2D eigenvalue weighted by Gasteiger charge is 2.46. The number of aliphatic hydroxyl groups is 1. The number of carbonyl (C=O) groups is 2. The first-order valence-corrected chi connectivity index (χ1v) is 12.4. The van der Waals surface area contributed by atoms with Crippen LogP contribution in [0.25, 0.3) is 5.76 Å². The number of amides is 1. The van der Waals surface area contributed by atoms with E-state index in [4.69, 9.17) is 13.9 Å². The van der Waals surface area contributed by atoms with Crippen LogP contribution in [-0.4, -0.2) is 27.8 Å². The highest BCUT2D eigenvalue weighted by molar-refractivity contribution is 6.46. The second-order valence-corrected chi connectivity index (χ2v) is 9.45. The molecule has 1 aromatic heterocycles. The molecule has 2 unspecified atom stereocenters. The van der Waals surface area contributed by atoms with Gasteiger partial charge in [0.25, 0.3) is 11.7 Å². The lowest BCUT2D eigenvalue weighted by atomic mass is 9.94. The first-order valence-electron chi connectivity index (χ1n) is 12.4. The zero-order chi connectivity index (χ0) is 26.2. The second kappa shape index (κ2) is 9.59. The summed E-state index contributed by atoms with van der Waals surface area (Å²) in [4.78, 5) is 28.1. The fourth-order valence-electron chi connectivity index (χ4n) is 5.06. The van der Waals surface area contributed by atoms with Crippen molar-refractivity contribution in [3.05, 3.63) is 119 Å². The molecule has 38 heavy (non-hydrogen) atoms. The third-order valence-electron chi connectivity index (χ3n) is 6.77. The number of aliphatic hydroxyl groups excluding tert-OH is 1. The Morgan fingerprint density at radius 1 is 0.974 bits per heavy atom. The molecule has 0 aliphatic carbocycles. The smallest absolute Gasteiger partial charge is 0.296 e. The van der Waals surface area contributed by atoms with Gasteiger partial charge in [0, 0.05) is 12.0 Å². The number of carbonyl (C=O) groups excluding carboxylic acids is 2. The molecule has 7 nitrogen and oxygen atoms in total. The zero-order valence-electron chi connectivity index (χ0n) is 20.7. The van der Waals surface area contributed by atoms with E-state index in [-0.39, 0.29) is 24.0 Å². The summed E-state index contributed by atoms with van der Waals surface area (Å²) in [5.74, 6) is 0.794. The molecule has 3 heterocycles. The molecule has 0 spiro atoms. The third kappa shape index (κ3) is 4.32. The molecule has 1 fully saturated rings.